The third-order valence-corrected chi connectivity index (χ3v) is 1.79. The molecule has 0 aromatic carbocycles. The van der Waals surface area contributed by atoms with Crippen LogP contribution in [0.2, 0.25) is 0 Å². The van der Waals surface area contributed by atoms with Crippen LogP contribution >= 0.6 is 0 Å². The Bertz CT molecular complexity index is 206. The van der Waals surface area contributed by atoms with Gasteiger partial charge in [-0.25, -0.2) is 4.79 Å². The van der Waals surface area contributed by atoms with Gasteiger partial charge in [0.25, 0.3) is 0 Å². The zero-order valence-corrected chi connectivity index (χ0v) is 8.15. The minimum absolute atomic E-state index is 0.211. The van der Waals surface area contributed by atoms with Crippen molar-refractivity contribution in [3.05, 3.63) is 0 Å². The third-order valence-electron chi connectivity index (χ3n) is 1.79. The Balaban J connectivity index is 4.42. The summed E-state index contributed by atoms with van der Waals surface area (Å²) in [7, 11) is 6.37. The van der Waals surface area contributed by atoms with Gasteiger partial charge in [-0.15, -0.1) is 0 Å². The third kappa shape index (κ3) is 3.96. The molecule has 0 saturated carbocycles. The maximum Gasteiger partial charge on any atom is 0.326 e. The molecule has 1 N–H and O–H groups in total. The number of carbonyl (C=O) groups is 2. The van der Waals surface area contributed by atoms with E-state index in [4.69, 9.17) is 13.0 Å². The average molecular weight is 183 g/mol. The monoisotopic (exact) mass is 183 g/mol. The summed E-state index contributed by atoms with van der Waals surface area (Å²) in [4.78, 5) is 22.5. The molecule has 0 unspecified atom stereocenters. The van der Waals surface area contributed by atoms with E-state index in [0.29, 0.717) is 6.42 Å². The molecule has 0 aliphatic rings. The number of likely N-dealkylation sites (N-methyl/N-ethyl adjacent to an activating group) is 1. The van der Waals surface area contributed by atoms with Crippen molar-refractivity contribution >= 4 is 19.6 Å². The first kappa shape index (κ1) is 12.0. The Kier molecular flexibility index (Phi) is 4.52. The van der Waals surface area contributed by atoms with E-state index in [-0.39, 0.29) is 5.92 Å². The minimum atomic E-state index is -1.02. The number of nitrogens with zero attached hydrogens (tertiary/aromatic N) is 1. The van der Waals surface area contributed by atoms with Crippen molar-refractivity contribution in [2.24, 2.45) is 5.92 Å². The van der Waals surface area contributed by atoms with Crippen molar-refractivity contribution in [2.75, 3.05) is 7.05 Å². The molecule has 0 aliphatic carbocycles. The highest BCUT2D eigenvalue weighted by Gasteiger charge is 2.24. The molecule has 1 atom stereocenters. The predicted molar refractivity (Wildman–Crippen MR) is 49.8 cm³/mol. The highest BCUT2D eigenvalue weighted by molar-refractivity contribution is 6.57. The van der Waals surface area contributed by atoms with Gasteiger partial charge in [0.05, 0.1) is 0 Å². The van der Waals surface area contributed by atoms with Crippen molar-refractivity contribution in [1.29, 1.82) is 0 Å². The lowest BCUT2D eigenvalue weighted by Crippen LogP contribution is -2.42. The van der Waals surface area contributed by atoms with E-state index in [0.717, 1.165) is 4.90 Å². The van der Waals surface area contributed by atoms with Gasteiger partial charge in [-0.2, -0.15) is 0 Å². The second-order valence-corrected chi connectivity index (χ2v) is 3.43. The number of carboxylic acids is 1. The van der Waals surface area contributed by atoms with Gasteiger partial charge in [0.2, 0.25) is 7.85 Å². The number of hydrogen-bond acceptors (Lipinski definition) is 2. The summed E-state index contributed by atoms with van der Waals surface area (Å²) in [5, 5.41) is 8.79. The van der Waals surface area contributed by atoms with Gasteiger partial charge in [-0.1, -0.05) is 13.8 Å². The predicted octanol–water partition coefficient (Wildman–Crippen LogP) is 0.706. The molecular weight excluding hydrogens is 169 g/mol. The van der Waals surface area contributed by atoms with Crippen molar-refractivity contribution in [2.45, 2.75) is 26.3 Å². The van der Waals surface area contributed by atoms with Crippen molar-refractivity contribution in [3.8, 4) is 0 Å². The first-order chi connectivity index (χ1) is 5.86. The number of carbonyl (C=O) groups excluding carboxylic acids is 1. The molecule has 0 aromatic rings. The Morgan fingerprint density at radius 3 is 2.15 bits per heavy atom. The van der Waals surface area contributed by atoms with Crippen LogP contribution in [0.25, 0.3) is 0 Å². The lowest BCUT2D eigenvalue weighted by Gasteiger charge is -2.25. The molecule has 0 spiro atoms. The summed E-state index contributed by atoms with van der Waals surface area (Å²) in [6, 6.07) is -0.822. The van der Waals surface area contributed by atoms with Gasteiger partial charge in [-0.05, 0) is 12.3 Å². The average Bonchev–Trinajstić information content (AvgIpc) is 1.97. The lowest BCUT2D eigenvalue weighted by atomic mass is 10.00. The van der Waals surface area contributed by atoms with Gasteiger partial charge >= 0.3 is 5.97 Å². The van der Waals surface area contributed by atoms with Crippen LogP contribution in [-0.2, 0) is 4.79 Å². The lowest BCUT2D eigenvalue weighted by molar-refractivity contribution is -0.142. The Morgan fingerprint density at radius 2 is 1.92 bits per heavy atom. The highest BCUT2D eigenvalue weighted by atomic mass is 16.4. The van der Waals surface area contributed by atoms with Crippen LogP contribution in [0, 0.1) is 5.92 Å². The van der Waals surface area contributed by atoms with E-state index in [9.17, 15) is 9.59 Å². The fourth-order valence-electron chi connectivity index (χ4n) is 1.02. The van der Waals surface area contributed by atoms with Crippen LogP contribution in [0.1, 0.15) is 20.3 Å². The number of hydrogen-bond donors (Lipinski definition) is 1. The van der Waals surface area contributed by atoms with Crippen LogP contribution in [0.3, 0.4) is 0 Å². The quantitative estimate of drug-likeness (QED) is 0.652. The second-order valence-electron chi connectivity index (χ2n) is 3.43. The molecule has 0 aliphatic heterocycles. The summed E-state index contributed by atoms with van der Waals surface area (Å²) in [5.41, 5.74) is 0. The number of carboxylic acid groups (broad SMARTS) is 1. The number of amides is 1. The standard InChI is InChI=1S/C8H14BNO3/c1-5(2)4-6(7(11)12)10(3)8(9)13/h5-6H,4H2,1-3H3,(H,11,12)/t6-/m0/s1. The fourth-order valence-corrected chi connectivity index (χ4v) is 1.02. The molecule has 13 heavy (non-hydrogen) atoms. The molecule has 1 amide bonds. The summed E-state index contributed by atoms with van der Waals surface area (Å²) < 4.78 is 0. The smallest absolute Gasteiger partial charge is 0.326 e. The van der Waals surface area contributed by atoms with Crippen molar-refractivity contribution < 1.29 is 14.7 Å². The topological polar surface area (TPSA) is 57.6 Å². The van der Waals surface area contributed by atoms with Crippen molar-refractivity contribution in [3.63, 3.8) is 0 Å². The molecule has 2 radical (unpaired) electrons. The van der Waals surface area contributed by atoms with E-state index in [2.05, 4.69) is 0 Å². The maximum absolute atomic E-state index is 10.7. The Labute approximate surface area is 79.3 Å². The van der Waals surface area contributed by atoms with Gasteiger partial charge in [-0.3, -0.25) is 4.79 Å². The largest absolute Gasteiger partial charge is 0.480 e. The first-order valence-corrected chi connectivity index (χ1v) is 4.11. The van der Waals surface area contributed by atoms with Gasteiger partial charge < -0.3 is 10.0 Å². The molecule has 0 bridgehead atoms. The van der Waals surface area contributed by atoms with E-state index < -0.39 is 17.8 Å². The molecule has 72 valence electrons. The van der Waals surface area contributed by atoms with Crippen molar-refractivity contribution in [1.82, 2.24) is 4.90 Å². The summed E-state index contributed by atoms with van der Waals surface area (Å²) in [5.74, 6) is -1.52. The zero-order chi connectivity index (χ0) is 10.6. The van der Waals surface area contributed by atoms with Gasteiger partial charge in [0.1, 0.15) is 6.04 Å². The number of aliphatic carboxylic acids is 1. The molecule has 0 aromatic heterocycles. The van der Waals surface area contributed by atoms with Crippen LogP contribution in [0.4, 0.5) is 4.79 Å². The van der Waals surface area contributed by atoms with Gasteiger partial charge in [0, 0.05) is 7.05 Å². The molecule has 0 fully saturated rings. The summed E-state index contributed by atoms with van der Waals surface area (Å²) in [6.45, 7) is 3.79. The molecule has 5 heteroatoms. The normalized spacial score (nSPS) is 12.6. The zero-order valence-electron chi connectivity index (χ0n) is 8.15. The summed E-state index contributed by atoms with van der Waals surface area (Å²) >= 11 is 0. The maximum atomic E-state index is 10.7. The Morgan fingerprint density at radius 1 is 1.46 bits per heavy atom. The highest BCUT2D eigenvalue weighted by Crippen LogP contribution is 2.10. The van der Waals surface area contributed by atoms with Crippen LogP contribution in [0.15, 0.2) is 0 Å². The van der Waals surface area contributed by atoms with E-state index in [1.165, 1.54) is 7.05 Å². The van der Waals surface area contributed by atoms with E-state index >= 15 is 0 Å². The van der Waals surface area contributed by atoms with Gasteiger partial charge in [0.15, 0.2) is 5.81 Å². The van der Waals surface area contributed by atoms with Crippen LogP contribution in [0.5, 0.6) is 0 Å². The first-order valence-electron chi connectivity index (χ1n) is 4.11. The fraction of sp³-hybridized carbons (Fsp3) is 0.750. The number of rotatable bonds is 4. The molecule has 0 rings (SSSR count). The minimum Gasteiger partial charge on any atom is -0.480 e. The molecule has 0 saturated heterocycles. The van der Waals surface area contributed by atoms with E-state index in [1.807, 2.05) is 13.8 Å². The molecule has 4 nitrogen and oxygen atoms in total. The van der Waals surface area contributed by atoms with Crippen LogP contribution < -0.4 is 0 Å². The van der Waals surface area contributed by atoms with Crippen LogP contribution in [-0.4, -0.2) is 42.7 Å². The summed E-state index contributed by atoms with van der Waals surface area (Å²) in [6.07, 6.45) is 0.411. The molecule has 0 heterocycles. The SMILES string of the molecule is [B]C(=O)N(C)[C@@H](CC(C)C)C(=O)O. The second kappa shape index (κ2) is 4.89. The molecular formula is C8H14BNO3. The van der Waals surface area contributed by atoms with E-state index in [1.54, 1.807) is 0 Å². The Hall–Kier alpha value is -0.995.